The number of alkyl halides is 3. The number of rotatable bonds is 3. The van der Waals surface area contributed by atoms with Crippen LogP contribution in [0.15, 0.2) is 53.7 Å². The monoisotopic (exact) mass is 440 g/mol. The number of aromatic nitrogens is 2. The molecular formula is C19H16F4N4O2S. The zero-order valence-corrected chi connectivity index (χ0v) is 16.3. The summed E-state index contributed by atoms with van der Waals surface area (Å²) in [6, 6.07) is 7.61. The zero-order chi connectivity index (χ0) is 21.5. The maximum absolute atomic E-state index is 13.7. The van der Waals surface area contributed by atoms with E-state index in [0.717, 1.165) is 24.3 Å². The Morgan fingerprint density at radius 1 is 0.900 bits per heavy atom. The Balaban J connectivity index is 1.53. The van der Waals surface area contributed by atoms with Gasteiger partial charge in [0.15, 0.2) is 0 Å². The number of fused-ring (bicyclic) bond motifs is 1. The molecule has 1 aliphatic heterocycles. The molecule has 3 aromatic rings. The largest absolute Gasteiger partial charge is 0.416 e. The summed E-state index contributed by atoms with van der Waals surface area (Å²) < 4.78 is 78.6. The Kier molecular flexibility index (Phi) is 5.10. The van der Waals surface area contributed by atoms with Crippen LogP contribution in [0.4, 0.5) is 23.4 Å². The lowest BCUT2D eigenvalue weighted by Gasteiger charge is -2.35. The molecular weight excluding hydrogens is 424 g/mol. The summed E-state index contributed by atoms with van der Waals surface area (Å²) >= 11 is 0. The van der Waals surface area contributed by atoms with Crippen molar-refractivity contribution in [3.8, 4) is 0 Å². The van der Waals surface area contributed by atoms with E-state index < -0.39 is 27.6 Å². The molecule has 0 spiro atoms. The van der Waals surface area contributed by atoms with Crippen LogP contribution < -0.4 is 4.90 Å². The molecule has 0 bridgehead atoms. The van der Waals surface area contributed by atoms with E-state index in [1.54, 1.807) is 6.07 Å². The van der Waals surface area contributed by atoms with Gasteiger partial charge in [-0.05, 0) is 42.5 Å². The number of nitrogens with zero attached hydrogens (tertiary/aromatic N) is 4. The number of piperazine rings is 1. The molecule has 11 heteroatoms. The van der Waals surface area contributed by atoms with Crippen molar-refractivity contribution in [2.75, 3.05) is 31.1 Å². The molecule has 0 aliphatic carbocycles. The summed E-state index contributed by atoms with van der Waals surface area (Å²) in [6.07, 6.45) is -3.17. The number of anilines is 1. The third-order valence-electron chi connectivity index (χ3n) is 4.93. The fourth-order valence-electron chi connectivity index (χ4n) is 3.37. The summed E-state index contributed by atoms with van der Waals surface area (Å²) in [4.78, 5) is 9.97. The summed E-state index contributed by atoms with van der Waals surface area (Å²) in [6.45, 7) is 0.819. The van der Waals surface area contributed by atoms with Crippen molar-refractivity contribution in [3.63, 3.8) is 0 Å². The van der Waals surface area contributed by atoms with E-state index in [9.17, 15) is 26.0 Å². The van der Waals surface area contributed by atoms with Crippen LogP contribution >= 0.6 is 0 Å². The molecule has 0 unspecified atom stereocenters. The average molecular weight is 440 g/mol. The summed E-state index contributed by atoms with van der Waals surface area (Å²) in [5, 5.41) is 0.525. The Morgan fingerprint density at radius 3 is 2.20 bits per heavy atom. The van der Waals surface area contributed by atoms with Crippen molar-refractivity contribution >= 4 is 26.7 Å². The number of halogens is 4. The molecule has 30 heavy (non-hydrogen) atoms. The number of benzene rings is 2. The highest BCUT2D eigenvalue weighted by Crippen LogP contribution is 2.31. The first-order valence-electron chi connectivity index (χ1n) is 8.99. The number of sulfonamides is 1. The highest BCUT2D eigenvalue weighted by atomic mass is 32.2. The van der Waals surface area contributed by atoms with Gasteiger partial charge in [0.05, 0.1) is 16.0 Å². The van der Waals surface area contributed by atoms with Gasteiger partial charge in [-0.2, -0.15) is 17.5 Å². The van der Waals surface area contributed by atoms with E-state index in [-0.39, 0.29) is 18.0 Å². The molecule has 1 aromatic heterocycles. The lowest BCUT2D eigenvalue weighted by molar-refractivity contribution is -0.137. The molecule has 1 saturated heterocycles. The Hall–Kier alpha value is -2.79. The molecule has 0 atom stereocenters. The quantitative estimate of drug-likeness (QED) is 0.585. The molecule has 0 N–H and O–H groups in total. The van der Waals surface area contributed by atoms with E-state index in [1.165, 1.54) is 22.8 Å². The van der Waals surface area contributed by atoms with Crippen LogP contribution in [0.5, 0.6) is 0 Å². The second-order valence-corrected chi connectivity index (χ2v) is 8.71. The molecule has 1 aliphatic rings. The minimum absolute atomic E-state index is 0.115. The van der Waals surface area contributed by atoms with Gasteiger partial charge in [-0.25, -0.2) is 22.8 Å². The van der Waals surface area contributed by atoms with Crippen LogP contribution in [-0.2, 0) is 16.2 Å². The smallest absolute Gasteiger partial charge is 0.353 e. The first kappa shape index (κ1) is 20.5. The van der Waals surface area contributed by atoms with Crippen molar-refractivity contribution in [1.29, 1.82) is 0 Å². The molecule has 0 amide bonds. The summed E-state index contributed by atoms with van der Waals surface area (Å²) in [5.74, 6) is 0.0770. The summed E-state index contributed by atoms with van der Waals surface area (Å²) in [7, 11) is -3.93. The van der Waals surface area contributed by atoms with Gasteiger partial charge in [-0.15, -0.1) is 0 Å². The fourth-order valence-corrected chi connectivity index (χ4v) is 4.79. The van der Waals surface area contributed by atoms with Gasteiger partial charge in [-0.3, -0.25) is 0 Å². The molecule has 158 valence electrons. The third kappa shape index (κ3) is 3.82. The van der Waals surface area contributed by atoms with Crippen LogP contribution in [0.2, 0.25) is 0 Å². The first-order chi connectivity index (χ1) is 14.2. The second kappa shape index (κ2) is 7.47. The maximum Gasteiger partial charge on any atom is 0.416 e. The molecule has 2 aromatic carbocycles. The van der Waals surface area contributed by atoms with Gasteiger partial charge in [0.1, 0.15) is 18.0 Å². The van der Waals surface area contributed by atoms with Gasteiger partial charge in [-0.1, -0.05) is 0 Å². The second-order valence-electron chi connectivity index (χ2n) is 6.77. The van der Waals surface area contributed by atoms with E-state index in [4.69, 9.17) is 0 Å². The van der Waals surface area contributed by atoms with E-state index in [2.05, 4.69) is 9.97 Å². The van der Waals surface area contributed by atoms with Gasteiger partial charge in [0.25, 0.3) is 0 Å². The summed E-state index contributed by atoms with van der Waals surface area (Å²) in [5.41, 5.74) is -0.338. The third-order valence-corrected chi connectivity index (χ3v) is 6.85. The SMILES string of the molecule is O=S(=O)(c1ccc(C(F)(F)F)cc1)N1CCN(c2ncnc3ccc(F)cc23)CC1. The highest BCUT2D eigenvalue weighted by molar-refractivity contribution is 7.89. The molecule has 6 nitrogen and oxygen atoms in total. The predicted octanol–water partition coefficient (Wildman–Crippen LogP) is 3.30. The van der Waals surface area contributed by atoms with Gasteiger partial charge in [0.2, 0.25) is 10.0 Å². The molecule has 2 heterocycles. The topological polar surface area (TPSA) is 66.4 Å². The van der Waals surface area contributed by atoms with Gasteiger partial charge >= 0.3 is 6.18 Å². The Morgan fingerprint density at radius 2 is 1.57 bits per heavy atom. The van der Waals surface area contributed by atoms with Crippen molar-refractivity contribution < 1.29 is 26.0 Å². The van der Waals surface area contributed by atoms with Crippen molar-refractivity contribution in [2.45, 2.75) is 11.1 Å². The molecule has 0 radical (unpaired) electrons. The first-order valence-corrected chi connectivity index (χ1v) is 10.4. The van der Waals surface area contributed by atoms with Crippen LogP contribution in [0.1, 0.15) is 5.56 Å². The van der Waals surface area contributed by atoms with Crippen LogP contribution in [-0.4, -0.2) is 48.9 Å². The van der Waals surface area contributed by atoms with Crippen molar-refractivity contribution in [2.24, 2.45) is 0 Å². The van der Waals surface area contributed by atoms with Crippen LogP contribution in [0, 0.1) is 5.82 Å². The van der Waals surface area contributed by atoms with E-state index >= 15 is 0 Å². The highest BCUT2D eigenvalue weighted by Gasteiger charge is 2.33. The molecule has 0 saturated carbocycles. The molecule has 1 fully saturated rings. The van der Waals surface area contributed by atoms with Crippen LogP contribution in [0.25, 0.3) is 10.9 Å². The fraction of sp³-hybridized carbons (Fsp3) is 0.263. The average Bonchev–Trinajstić information content (AvgIpc) is 2.73. The number of hydrogen-bond donors (Lipinski definition) is 0. The van der Waals surface area contributed by atoms with Crippen molar-refractivity contribution in [1.82, 2.24) is 14.3 Å². The Bertz CT molecular complexity index is 1180. The maximum atomic E-state index is 13.7. The van der Waals surface area contributed by atoms with Crippen LogP contribution in [0.3, 0.4) is 0 Å². The Labute approximate surface area is 169 Å². The number of hydrogen-bond acceptors (Lipinski definition) is 5. The minimum atomic E-state index is -4.53. The lowest BCUT2D eigenvalue weighted by Crippen LogP contribution is -2.49. The minimum Gasteiger partial charge on any atom is -0.353 e. The van der Waals surface area contributed by atoms with Gasteiger partial charge in [0, 0.05) is 31.6 Å². The predicted molar refractivity (Wildman–Crippen MR) is 102 cm³/mol. The lowest BCUT2D eigenvalue weighted by atomic mass is 10.2. The normalized spacial score (nSPS) is 16.2. The van der Waals surface area contributed by atoms with E-state index in [0.29, 0.717) is 29.8 Å². The van der Waals surface area contributed by atoms with E-state index in [1.807, 2.05) is 4.90 Å². The molecule has 4 rings (SSSR count). The zero-order valence-electron chi connectivity index (χ0n) is 15.5. The van der Waals surface area contributed by atoms with Crippen molar-refractivity contribution in [3.05, 3.63) is 60.2 Å². The standard InChI is InChI=1S/C19H16F4N4O2S/c20-14-3-6-17-16(11-14)18(25-12-24-17)26-7-9-27(10-8-26)30(28,29)15-4-1-13(2-5-15)19(21,22)23/h1-6,11-12H,7-10H2. The van der Waals surface area contributed by atoms with Gasteiger partial charge < -0.3 is 4.90 Å².